The summed E-state index contributed by atoms with van der Waals surface area (Å²) in [5.41, 5.74) is 1.22. The van der Waals surface area contributed by atoms with Crippen LogP contribution in [0, 0.1) is 10.1 Å². The number of ether oxygens (including phenoxy) is 1. The first-order valence-corrected chi connectivity index (χ1v) is 7.77. The molecule has 0 aliphatic heterocycles. The van der Waals surface area contributed by atoms with E-state index in [0.717, 1.165) is 0 Å². The smallest absolute Gasteiger partial charge is 0.322 e. The summed E-state index contributed by atoms with van der Waals surface area (Å²) in [5.74, 6) is 0.294. The van der Waals surface area contributed by atoms with E-state index in [-0.39, 0.29) is 17.6 Å². The quantitative estimate of drug-likeness (QED) is 0.403. The van der Waals surface area contributed by atoms with Gasteiger partial charge in [-0.05, 0) is 35.9 Å². The number of hydrogen-bond acceptors (Lipinski definition) is 7. The second-order valence-corrected chi connectivity index (χ2v) is 5.28. The van der Waals surface area contributed by atoms with Gasteiger partial charge in [0.05, 0.1) is 17.6 Å². The van der Waals surface area contributed by atoms with Crippen molar-refractivity contribution >= 4 is 23.7 Å². The lowest BCUT2D eigenvalue weighted by molar-refractivity contribution is -0.384. The molecule has 1 amide bonds. The Bertz CT molecular complexity index is 995. The molecule has 0 unspecified atom stereocenters. The lowest BCUT2D eigenvalue weighted by Crippen LogP contribution is -2.07. The number of nitrogens with zero attached hydrogens (tertiary/aromatic N) is 3. The third-order valence-corrected chi connectivity index (χ3v) is 3.52. The fraction of sp³-hybridized carbons (Fsp3) is 0.0556. The molecule has 1 N–H and O–H groups in total. The van der Waals surface area contributed by atoms with Gasteiger partial charge in [-0.1, -0.05) is 17.2 Å². The molecule has 0 saturated heterocycles. The van der Waals surface area contributed by atoms with E-state index in [2.05, 4.69) is 15.5 Å². The van der Waals surface area contributed by atoms with E-state index in [1.807, 2.05) is 6.07 Å². The summed E-state index contributed by atoms with van der Waals surface area (Å²) in [6.45, 7) is 0. The highest BCUT2D eigenvalue weighted by Gasteiger charge is 2.13. The first kappa shape index (κ1) is 17.8. The van der Waals surface area contributed by atoms with Gasteiger partial charge >= 0.3 is 6.01 Å². The van der Waals surface area contributed by atoms with E-state index in [9.17, 15) is 14.9 Å². The second-order valence-electron chi connectivity index (χ2n) is 5.28. The van der Waals surface area contributed by atoms with Crippen LogP contribution < -0.4 is 10.1 Å². The molecule has 9 nitrogen and oxygen atoms in total. The number of anilines is 1. The van der Waals surface area contributed by atoms with Gasteiger partial charge in [-0.2, -0.15) is 0 Å². The van der Waals surface area contributed by atoms with Gasteiger partial charge in [0.1, 0.15) is 5.75 Å². The molecule has 0 fully saturated rings. The lowest BCUT2D eigenvalue weighted by atomic mass is 10.2. The third-order valence-electron chi connectivity index (χ3n) is 3.52. The normalized spacial score (nSPS) is 10.7. The minimum absolute atomic E-state index is 0.0219. The molecule has 0 aliphatic rings. The molecule has 0 radical (unpaired) electrons. The average molecular weight is 366 g/mol. The molecule has 3 aromatic rings. The number of nitrogens with one attached hydrogen (secondary N) is 1. The molecule has 2 aromatic carbocycles. The summed E-state index contributed by atoms with van der Waals surface area (Å²) >= 11 is 0. The van der Waals surface area contributed by atoms with Crippen molar-refractivity contribution in [2.75, 3.05) is 12.4 Å². The number of carbonyl (C=O) groups excluding carboxylic acids is 1. The summed E-state index contributed by atoms with van der Waals surface area (Å²) in [6, 6.07) is 12.8. The van der Waals surface area contributed by atoms with Gasteiger partial charge in [0.2, 0.25) is 0 Å². The molecular formula is C18H14N4O5. The molecule has 0 atom stereocenters. The topological polar surface area (TPSA) is 120 Å². The molecule has 136 valence electrons. The van der Waals surface area contributed by atoms with Crippen LogP contribution in [0.4, 0.5) is 11.7 Å². The van der Waals surface area contributed by atoms with E-state index in [1.165, 1.54) is 43.5 Å². The molecular weight excluding hydrogens is 352 g/mol. The SMILES string of the molecule is COc1ccccc1-c1nnc(NC(=O)/C=C/c2ccc([N+](=O)[O-])cc2)o1. The summed E-state index contributed by atoms with van der Waals surface area (Å²) < 4.78 is 10.7. The van der Waals surface area contributed by atoms with E-state index in [4.69, 9.17) is 9.15 Å². The standard InChI is InChI=1S/C18H14N4O5/c1-26-15-5-3-2-4-14(15)17-20-21-18(27-17)19-16(23)11-8-12-6-9-13(10-7-12)22(24)25/h2-11H,1H3,(H,19,21,23)/b11-8+. The van der Waals surface area contributed by atoms with Gasteiger partial charge in [0, 0.05) is 18.2 Å². The van der Waals surface area contributed by atoms with Crippen LogP contribution in [0.2, 0.25) is 0 Å². The van der Waals surface area contributed by atoms with Crippen LogP contribution in [-0.2, 0) is 4.79 Å². The van der Waals surface area contributed by atoms with Gasteiger partial charge in [-0.3, -0.25) is 20.2 Å². The maximum atomic E-state index is 12.0. The number of hydrogen-bond donors (Lipinski definition) is 1. The molecule has 0 spiro atoms. The number of nitro benzene ring substituents is 1. The first-order valence-electron chi connectivity index (χ1n) is 7.77. The molecule has 27 heavy (non-hydrogen) atoms. The molecule has 0 bridgehead atoms. The zero-order valence-corrected chi connectivity index (χ0v) is 14.2. The summed E-state index contributed by atoms with van der Waals surface area (Å²) in [6.07, 6.45) is 2.77. The van der Waals surface area contributed by atoms with Crippen molar-refractivity contribution in [1.82, 2.24) is 10.2 Å². The summed E-state index contributed by atoms with van der Waals surface area (Å²) in [5, 5.41) is 20.7. The Morgan fingerprint density at radius 3 is 2.63 bits per heavy atom. The largest absolute Gasteiger partial charge is 0.496 e. The van der Waals surface area contributed by atoms with E-state index in [1.54, 1.807) is 18.2 Å². The predicted octanol–water partition coefficient (Wildman–Crippen LogP) is 3.31. The number of nitro groups is 1. The zero-order chi connectivity index (χ0) is 19.2. The van der Waals surface area contributed by atoms with E-state index in [0.29, 0.717) is 16.9 Å². The van der Waals surface area contributed by atoms with Crippen molar-refractivity contribution in [3.8, 4) is 17.2 Å². The number of rotatable bonds is 6. The van der Waals surface area contributed by atoms with Gasteiger partial charge in [-0.15, -0.1) is 5.10 Å². The minimum atomic E-state index is -0.491. The highest BCUT2D eigenvalue weighted by atomic mass is 16.6. The van der Waals surface area contributed by atoms with E-state index < -0.39 is 10.8 Å². The Balaban J connectivity index is 1.66. The molecule has 9 heteroatoms. The van der Waals surface area contributed by atoms with Crippen molar-refractivity contribution in [3.05, 3.63) is 70.3 Å². The fourth-order valence-corrected chi connectivity index (χ4v) is 2.23. The van der Waals surface area contributed by atoms with Crippen molar-refractivity contribution in [2.45, 2.75) is 0 Å². The fourth-order valence-electron chi connectivity index (χ4n) is 2.23. The number of amides is 1. The minimum Gasteiger partial charge on any atom is -0.496 e. The van der Waals surface area contributed by atoms with Gasteiger partial charge in [0.25, 0.3) is 17.5 Å². The number of methoxy groups -OCH3 is 1. The van der Waals surface area contributed by atoms with Crippen LogP contribution in [0.3, 0.4) is 0 Å². The van der Waals surface area contributed by atoms with E-state index >= 15 is 0 Å². The Hall–Kier alpha value is -4.01. The highest BCUT2D eigenvalue weighted by molar-refractivity contribution is 6.00. The Morgan fingerprint density at radius 2 is 1.93 bits per heavy atom. The van der Waals surface area contributed by atoms with Crippen LogP contribution in [0.1, 0.15) is 5.56 Å². The molecule has 3 rings (SSSR count). The van der Waals surface area contributed by atoms with Gasteiger partial charge < -0.3 is 9.15 Å². The van der Waals surface area contributed by atoms with Gasteiger partial charge in [-0.25, -0.2) is 0 Å². The lowest BCUT2D eigenvalue weighted by Gasteiger charge is -2.03. The Labute approximate surface area is 153 Å². The van der Waals surface area contributed by atoms with Crippen LogP contribution in [0.25, 0.3) is 17.5 Å². The van der Waals surface area contributed by atoms with Gasteiger partial charge in [0.15, 0.2) is 0 Å². The number of para-hydroxylation sites is 1. The highest BCUT2D eigenvalue weighted by Crippen LogP contribution is 2.29. The molecule has 1 aromatic heterocycles. The second kappa shape index (κ2) is 7.91. The predicted molar refractivity (Wildman–Crippen MR) is 97.0 cm³/mol. The molecule has 0 saturated carbocycles. The molecule has 1 heterocycles. The number of non-ortho nitro benzene ring substituents is 1. The first-order chi connectivity index (χ1) is 13.1. The van der Waals surface area contributed by atoms with Crippen molar-refractivity contribution in [3.63, 3.8) is 0 Å². The average Bonchev–Trinajstić information content (AvgIpc) is 3.14. The maximum absolute atomic E-state index is 12.0. The maximum Gasteiger partial charge on any atom is 0.322 e. The summed E-state index contributed by atoms with van der Waals surface area (Å²) in [4.78, 5) is 22.1. The number of carbonyl (C=O) groups is 1. The third kappa shape index (κ3) is 4.34. The van der Waals surface area contributed by atoms with Crippen molar-refractivity contribution < 1.29 is 18.9 Å². The summed E-state index contributed by atoms with van der Waals surface area (Å²) in [7, 11) is 1.53. The van der Waals surface area contributed by atoms with Crippen LogP contribution in [0.5, 0.6) is 5.75 Å². The number of benzene rings is 2. The monoisotopic (exact) mass is 366 g/mol. The Morgan fingerprint density at radius 1 is 1.19 bits per heavy atom. The van der Waals surface area contributed by atoms with Crippen molar-refractivity contribution in [2.24, 2.45) is 0 Å². The Kier molecular flexibility index (Phi) is 5.22. The van der Waals surface area contributed by atoms with Crippen LogP contribution in [0.15, 0.2) is 59.0 Å². The van der Waals surface area contributed by atoms with Crippen LogP contribution >= 0.6 is 0 Å². The van der Waals surface area contributed by atoms with Crippen LogP contribution in [-0.4, -0.2) is 28.1 Å². The molecule has 0 aliphatic carbocycles. The van der Waals surface area contributed by atoms with Crippen molar-refractivity contribution in [1.29, 1.82) is 0 Å². The number of aromatic nitrogens is 2. The zero-order valence-electron chi connectivity index (χ0n) is 14.2.